The van der Waals surface area contributed by atoms with Crippen molar-refractivity contribution in [1.29, 1.82) is 0 Å². The highest BCUT2D eigenvalue weighted by molar-refractivity contribution is 5.79. The topological polar surface area (TPSA) is 141 Å². The van der Waals surface area contributed by atoms with E-state index in [-0.39, 0.29) is 122 Å². The highest BCUT2D eigenvalue weighted by Gasteiger charge is 2.60. The van der Waals surface area contributed by atoms with Crippen LogP contribution in [0.1, 0.15) is 111 Å². The van der Waals surface area contributed by atoms with Crippen LogP contribution in [0, 0.1) is 17.3 Å². The molecule has 54 heavy (non-hydrogen) atoms. The molecule has 0 aromatic rings. The maximum Gasteiger partial charge on any atom is 0.171 e. The first-order valence-electron chi connectivity index (χ1n) is 21.1. The molecule has 0 aliphatic carbocycles. The van der Waals surface area contributed by atoms with Gasteiger partial charge in [-0.15, -0.1) is 0 Å². The van der Waals surface area contributed by atoms with E-state index in [4.69, 9.17) is 42.6 Å². The standard InChI is InChI=1S/C42H66O12/c1-22-15-27-8-10-35-41(4,5)20-29(49-35)11-12-42-13-14-47-39-36(24(3)53-42)52-31-9-7-28(50-38(31)40(39)54-42)16-25(44)17-30-33(19-32(48-27)23(22)2)51-34(37(30)46-6)18-26(45)21-43/h22,24,26-40,43,45H,2,7-21H2,1,3-6H3/t22-,24?,26?,27+,28?,29?,30?,31?,32?,33?,34-,35+,36+,37-,38+,39?,40?,42+/m1/s1. The van der Waals surface area contributed by atoms with Crippen molar-refractivity contribution in [3.05, 3.63) is 12.2 Å². The first-order chi connectivity index (χ1) is 25.8. The molecular formula is C42H66O12. The third-order valence-corrected chi connectivity index (χ3v) is 14.4. The lowest BCUT2D eigenvalue weighted by Gasteiger charge is -2.48. The summed E-state index contributed by atoms with van der Waals surface area (Å²) in [6, 6.07) is 0. The number of ether oxygens (including phenoxy) is 9. The van der Waals surface area contributed by atoms with Gasteiger partial charge in [0.15, 0.2) is 5.79 Å². The molecule has 0 aromatic carbocycles. The van der Waals surface area contributed by atoms with E-state index in [1.807, 2.05) is 0 Å². The summed E-state index contributed by atoms with van der Waals surface area (Å²) in [6.45, 7) is 13.6. The van der Waals surface area contributed by atoms with Crippen molar-refractivity contribution in [1.82, 2.24) is 0 Å². The summed E-state index contributed by atoms with van der Waals surface area (Å²) >= 11 is 0. The molecule has 12 heteroatoms. The van der Waals surface area contributed by atoms with E-state index in [0.29, 0.717) is 32.3 Å². The number of aliphatic hydroxyl groups is 2. The molecule has 2 N–H and O–H groups in total. The van der Waals surface area contributed by atoms with Crippen LogP contribution in [0.4, 0.5) is 0 Å². The second-order valence-corrected chi connectivity index (χ2v) is 18.7. The average Bonchev–Trinajstić information content (AvgIpc) is 3.49. The van der Waals surface area contributed by atoms with Crippen molar-refractivity contribution in [3.8, 4) is 0 Å². The van der Waals surface area contributed by atoms with E-state index in [1.54, 1.807) is 7.11 Å². The summed E-state index contributed by atoms with van der Waals surface area (Å²) < 4.78 is 60.4. The molecule has 0 spiro atoms. The predicted molar refractivity (Wildman–Crippen MR) is 196 cm³/mol. The Labute approximate surface area is 321 Å². The minimum Gasteiger partial charge on any atom is -0.394 e. The molecule has 10 bridgehead atoms. The number of carbonyl (C=O) groups excluding carboxylic acids is 1. The van der Waals surface area contributed by atoms with Crippen LogP contribution in [0.3, 0.4) is 0 Å². The maximum atomic E-state index is 14.1. The SMILES string of the molecule is C=C1C2CC3O[C@H](CC(O)CO)[C@H](OC)C3CC(=O)CC3CCC4O[C@H]5C(C)O[C@@]6(CCOC5C(O6)[C@H]4O3)CCC3CC(C)(C)[C@H](CC[C@@H](C[C@H]1C)O2)O3. The van der Waals surface area contributed by atoms with Crippen molar-refractivity contribution < 1.29 is 57.6 Å². The molecule has 8 aliphatic rings. The van der Waals surface area contributed by atoms with E-state index in [0.717, 1.165) is 44.1 Å². The normalized spacial score (nSPS) is 50.1. The zero-order valence-corrected chi connectivity index (χ0v) is 33.1. The number of ketones is 1. The van der Waals surface area contributed by atoms with Gasteiger partial charge in [-0.2, -0.15) is 0 Å². The number of carbonyl (C=O) groups is 1. The monoisotopic (exact) mass is 762 g/mol. The van der Waals surface area contributed by atoms with Crippen LogP contribution in [-0.2, 0) is 47.4 Å². The van der Waals surface area contributed by atoms with Gasteiger partial charge in [0, 0.05) is 51.6 Å². The van der Waals surface area contributed by atoms with Crippen LogP contribution in [0.2, 0.25) is 0 Å². The summed E-state index contributed by atoms with van der Waals surface area (Å²) in [7, 11) is 1.63. The molecule has 8 fully saturated rings. The molecule has 8 saturated heterocycles. The fourth-order valence-electron chi connectivity index (χ4n) is 11.4. The highest BCUT2D eigenvalue weighted by Crippen LogP contribution is 2.49. The van der Waals surface area contributed by atoms with Crippen molar-refractivity contribution in [2.45, 2.75) is 209 Å². The predicted octanol–water partition coefficient (Wildman–Crippen LogP) is 4.58. The second kappa shape index (κ2) is 16.0. The molecule has 10 unspecified atom stereocenters. The van der Waals surface area contributed by atoms with Gasteiger partial charge < -0.3 is 52.8 Å². The summed E-state index contributed by atoms with van der Waals surface area (Å²) in [6.07, 6.45) is 4.31. The molecule has 8 aliphatic heterocycles. The van der Waals surface area contributed by atoms with Crippen LogP contribution in [0.25, 0.3) is 0 Å². The third kappa shape index (κ3) is 7.89. The number of hydrogen-bond acceptors (Lipinski definition) is 12. The van der Waals surface area contributed by atoms with Gasteiger partial charge in [0.2, 0.25) is 0 Å². The summed E-state index contributed by atoms with van der Waals surface area (Å²) in [5, 5.41) is 20.1. The molecule has 0 aromatic heterocycles. The Bertz CT molecular complexity index is 1340. The Morgan fingerprint density at radius 3 is 2.46 bits per heavy atom. The maximum absolute atomic E-state index is 14.1. The summed E-state index contributed by atoms with van der Waals surface area (Å²) in [5.74, 6) is -0.746. The summed E-state index contributed by atoms with van der Waals surface area (Å²) in [5.41, 5.74) is 1.07. The Kier molecular flexibility index (Phi) is 11.8. The van der Waals surface area contributed by atoms with Crippen LogP contribution < -0.4 is 0 Å². The fourth-order valence-corrected chi connectivity index (χ4v) is 11.4. The van der Waals surface area contributed by atoms with Crippen molar-refractivity contribution in [2.24, 2.45) is 17.3 Å². The van der Waals surface area contributed by atoms with Gasteiger partial charge >= 0.3 is 0 Å². The molecule has 0 radical (unpaired) electrons. The molecule has 0 saturated carbocycles. The second-order valence-electron chi connectivity index (χ2n) is 18.7. The lowest BCUT2D eigenvalue weighted by molar-refractivity contribution is -0.290. The van der Waals surface area contributed by atoms with E-state index in [1.165, 1.54) is 0 Å². The Hall–Kier alpha value is -1.03. The largest absolute Gasteiger partial charge is 0.394 e. The quantitative estimate of drug-likeness (QED) is 0.388. The first kappa shape index (κ1) is 39.8. The van der Waals surface area contributed by atoms with Crippen LogP contribution in [-0.4, -0.2) is 134 Å². The minimum atomic E-state index is -0.950. The van der Waals surface area contributed by atoms with E-state index < -0.39 is 24.1 Å². The Morgan fingerprint density at radius 2 is 1.67 bits per heavy atom. The minimum absolute atomic E-state index is 0.0142. The van der Waals surface area contributed by atoms with Crippen LogP contribution in [0.5, 0.6) is 0 Å². The van der Waals surface area contributed by atoms with Crippen LogP contribution in [0.15, 0.2) is 12.2 Å². The number of aliphatic hydroxyl groups excluding tert-OH is 2. The van der Waals surface area contributed by atoms with E-state index >= 15 is 0 Å². The van der Waals surface area contributed by atoms with E-state index in [2.05, 4.69) is 34.3 Å². The Balaban J connectivity index is 1.09. The van der Waals surface area contributed by atoms with Crippen molar-refractivity contribution in [2.75, 3.05) is 20.3 Å². The zero-order valence-electron chi connectivity index (χ0n) is 33.1. The van der Waals surface area contributed by atoms with Gasteiger partial charge in [0.05, 0.1) is 80.4 Å². The molecular weight excluding hydrogens is 696 g/mol. The number of rotatable bonds is 4. The number of hydrogen-bond donors (Lipinski definition) is 2. The number of methoxy groups -OCH3 is 1. The first-order valence-corrected chi connectivity index (χ1v) is 21.1. The molecule has 18 atom stereocenters. The zero-order chi connectivity index (χ0) is 37.9. The molecule has 8 heterocycles. The van der Waals surface area contributed by atoms with E-state index in [9.17, 15) is 15.0 Å². The molecule has 306 valence electrons. The molecule has 0 amide bonds. The van der Waals surface area contributed by atoms with Gasteiger partial charge in [-0.05, 0) is 68.8 Å². The highest BCUT2D eigenvalue weighted by atomic mass is 16.7. The lowest BCUT2D eigenvalue weighted by Crippen LogP contribution is -2.63. The van der Waals surface area contributed by atoms with Gasteiger partial charge in [0.1, 0.15) is 30.2 Å². The van der Waals surface area contributed by atoms with Gasteiger partial charge in [-0.1, -0.05) is 27.4 Å². The lowest BCUT2D eigenvalue weighted by atomic mass is 9.79. The number of fused-ring (bicyclic) bond motifs is 6. The third-order valence-electron chi connectivity index (χ3n) is 14.4. The van der Waals surface area contributed by atoms with Crippen molar-refractivity contribution >= 4 is 5.78 Å². The molecule has 12 nitrogen and oxygen atoms in total. The van der Waals surface area contributed by atoms with Gasteiger partial charge in [-0.25, -0.2) is 0 Å². The average molecular weight is 763 g/mol. The Morgan fingerprint density at radius 1 is 0.852 bits per heavy atom. The number of Topliss-reactive ketones (excluding diaryl/α,β-unsaturated/α-hetero) is 1. The van der Waals surface area contributed by atoms with Gasteiger partial charge in [-0.3, -0.25) is 4.79 Å². The van der Waals surface area contributed by atoms with Crippen LogP contribution >= 0.6 is 0 Å². The summed E-state index contributed by atoms with van der Waals surface area (Å²) in [4.78, 5) is 14.1. The smallest absolute Gasteiger partial charge is 0.171 e. The van der Waals surface area contributed by atoms with Gasteiger partial charge in [0.25, 0.3) is 0 Å². The molecule has 8 rings (SSSR count). The fraction of sp³-hybridized carbons (Fsp3) is 0.929. The van der Waals surface area contributed by atoms with Crippen molar-refractivity contribution in [3.63, 3.8) is 0 Å².